The Bertz CT molecular complexity index is 762. The molecule has 2 heterocycles. The van der Waals surface area contributed by atoms with Crippen LogP contribution in [0.2, 0.25) is 0 Å². The van der Waals surface area contributed by atoms with Gasteiger partial charge in [0.2, 0.25) is 5.91 Å². The number of piperazine rings is 1. The van der Waals surface area contributed by atoms with Crippen molar-refractivity contribution in [2.24, 2.45) is 5.92 Å². The summed E-state index contributed by atoms with van der Waals surface area (Å²) in [7, 11) is 0. The molecule has 2 N–H and O–H groups in total. The maximum absolute atomic E-state index is 12.2. The highest BCUT2D eigenvalue weighted by atomic mass is 16.4. The number of anilines is 1. The number of aromatic nitrogens is 1. The molecule has 1 aliphatic heterocycles. The molecule has 0 spiro atoms. The van der Waals surface area contributed by atoms with Crippen LogP contribution < -0.4 is 5.32 Å². The molecule has 0 saturated carbocycles. The summed E-state index contributed by atoms with van der Waals surface area (Å²) in [5.74, 6) is -1.91. The van der Waals surface area contributed by atoms with Crippen LogP contribution in [0.3, 0.4) is 0 Å². The second kappa shape index (κ2) is 9.96. The third-order valence-corrected chi connectivity index (χ3v) is 4.91. The number of carbonyl (C=O) groups excluding carboxylic acids is 1. The van der Waals surface area contributed by atoms with E-state index in [4.69, 9.17) is 0 Å². The fraction of sp³-hybridized carbons (Fsp3) is 0.381. The summed E-state index contributed by atoms with van der Waals surface area (Å²) in [6, 6.07) is 13.1. The first-order chi connectivity index (χ1) is 13.6. The molecule has 1 aliphatic rings. The molecule has 0 aliphatic carbocycles. The van der Waals surface area contributed by atoms with Crippen molar-refractivity contribution in [3.63, 3.8) is 0 Å². The van der Waals surface area contributed by atoms with Crippen molar-refractivity contribution in [3.8, 4) is 0 Å². The highest BCUT2D eigenvalue weighted by Crippen LogP contribution is 2.14. The molecule has 1 amide bonds. The number of carboxylic acids is 1. The number of aliphatic carboxylic acids is 1. The predicted octanol–water partition coefficient (Wildman–Crippen LogP) is 1.93. The predicted molar refractivity (Wildman–Crippen MR) is 107 cm³/mol. The molecule has 1 aromatic heterocycles. The number of hydrogen-bond donors (Lipinski definition) is 2. The lowest BCUT2D eigenvalue weighted by Gasteiger charge is -2.35. The van der Waals surface area contributed by atoms with E-state index in [1.807, 2.05) is 30.5 Å². The SMILES string of the molecule is O=C(C[C@H](CN1CCN(Cc2cccnc2)CC1)C(=O)O)Nc1ccccc1. The van der Waals surface area contributed by atoms with Crippen molar-refractivity contribution >= 4 is 17.6 Å². The van der Waals surface area contributed by atoms with Gasteiger partial charge in [-0.2, -0.15) is 0 Å². The Labute approximate surface area is 165 Å². The maximum atomic E-state index is 12.2. The Hall–Kier alpha value is -2.77. The Kier molecular flexibility index (Phi) is 7.11. The average molecular weight is 382 g/mol. The van der Waals surface area contributed by atoms with Gasteiger partial charge in [-0.1, -0.05) is 24.3 Å². The molecule has 1 atom stereocenters. The van der Waals surface area contributed by atoms with Crippen LogP contribution in [0.25, 0.3) is 0 Å². The highest BCUT2D eigenvalue weighted by molar-refractivity contribution is 5.93. The molecule has 7 nitrogen and oxygen atoms in total. The number of hydrogen-bond acceptors (Lipinski definition) is 5. The van der Waals surface area contributed by atoms with Gasteiger partial charge in [-0.25, -0.2) is 0 Å². The standard InChI is InChI=1S/C21H26N4O3/c26-20(23-19-6-2-1-3-7-19)13-18(21(27)28)16-25-11-9-24(10-12-25)15-17-5-4-8-22-14-17/h1-8,14,18H,9-13,15-16H2,(H,23,26)(H,27,28)/t18-/m1/s1. The summed E-state index contributed by atoms with van der Waals surface area (Å²) in [6.07, 6.45) is 3.61. The van der Waals surface area contributed by atoms with Crippen LogP contribution >= 0.6 is 0 Å². The van der Waals surface area contributed by atoms with Crippen molar-refractivity contribution in [3.05, 3.63) is 60.4 Å². The first-order valence-electron chi connectivity index (χ1n) is 9.51. The number of para-hydroxylation sites is 1. The number of carbonyl (C=O) groups is 2. The summed E-state index contributed by atoms with van der Waals surface area (Å²) in [5, 5.41) is 12.3. The normalized spacial score (nSPS) is 16.4. The van der Waals surface area contributed by atoms with E-state index in [1.165, 1.54) is 5.56 Å². The van der Waals surface area contributed by atoms with Crippen LogP contribution in [0.15, 0.2) is 54.9 Å². The van der Waals surface area contributed by atoms with Crippen molar-refractivity contribution in [1.29, 1.82) is 0 Å². The molecule has 1 saturated heterocycles. The number of nitrogens with one attached hydrogen (secondary N) is 1. The Morgan fingerprint density at radius 1 is 1.04 bits per heavy atom. The molecule has 28 heavy (non-hydrogen) atoms. The summed E-state index contributed by atoms with van der Waals surface area (Å²) in [5.41, 5.74) is 1.86. The van der Waals surface area contributed by atoms with E-state index in [1.54, 1.807) is 18.3 Å². The zero-order valence-corrected chi connectivity index (χ0v) is 15.8. The lowest BCUT2D eigenvalue weighted by Crippen LogP contribution is -2.48. The third kappa shape index (κ3) is 6.14. The van der Waals surface area contributed by atoms with Gasteiger partial charge in [-0.05, 0) is 23.8 Å². The minimum Gasteiger partial charge on any atom is -0.481 e. The van der Waals surface area contributed by atoms with Crippen molar-refractivity contribution in [2.75, 3.05) is 38.0 Å². The number of rotatable bonds is 8. The zero-order chi connectivity index (χ0) is 19.8. The molecule has 0 bridgehead atoms. The lowest BCUT2D eigenvalue weighted by molar-refractivity contribution is -0.144. The third-order valence-electron chi connectivity index (χ3n) is 4.91. The number of nitrogens with zero attached hydrogens (tertiary/aromatic N) is 3. The van der Waals surface area contributed by atoms with Crippen LogP contribution in [0.5, 0.6) is 0 Å². The van der Waals surface area contributed by atoms with E-state index in [2.05, 4.69) is 26.2 Å². The minimum absolute atomic E-state index is 0.0277. The quantitative estimate of drug-likeness (QED) is 0.726. The molecule has 3 rings (SSSR count). The van der Waals surface area contributed by atoms with Gasteiger partial charge in [0.25, 0.3) is 0 Å². The largest absolute Gasteiger partial charge is 0.481 e. The molecule has 148 valence electrons. The monoisotopic (exact) mass is 382 g/mol. The van der Waals surface area contributed by atoms with Gasteiger partial charge in [0, 0.05) is 63.8 Å². The number of pyridine rings is 1. The van der Waals surface area contributed by atoms with E-state index in [-0.39, 0.29) is 12.3 Å². The molecule has 0 radical (unpaired) electrons. The van der Waals surface area contributed by atoms with Crippen LogP contribution in [0, 0.1) is 5.92 Å². The van der Waals surface area contributed by atoms with Crippen LogP contribution in [-0.2, 0) is 16.1 Å². The topological polar surface area (TPSA) is 85.8 Å². The second-order valence-corrected chi connectivity index (χ2v) is 7.09. The van der Waals surface area contributed by atoms with Crippen molar-refractivity contribution in [1.82, 2.24) is 14.8 Å². The Balaban J connectivity index is 1.46. The summed E-state index contributed by atoms with van der Waals surface area (Å²) in [4.78, 5) is 32.5. The van der Waals surface area contributed by atoms with Crippen molar-refractivity contribution in [2.45, 2.75) is 13.0 Å². The minimum atomic E-state index is -0.930. The first kappa shape index (κ1) is 20.0. The van der Waals surface area contributed by atoms with Gasteiger partial charge in [0.15, 0.2) is 0 Å². The summed E-state index contributed by atoms with van der Waals surface area (Å²) < 4.78 is 0. The Morgan fingerprint density at radius 3 is 2.39 bits per heavy atom. The molecular weight excluding hydrogens is 356 g/mol. The van der Waals surface area contributed by atoms with Crippen molar-refractivity contribution < 1.29 is 14.7 Å². The number of carboxylic acid groups (broad SMARTS) is 1. The van der Waals surface area contributed by atoms with Crippen LogP contribution in [0.1, 0.15) is 12.0 Å². The fourth-order valence-corrected chi connectivity index (χ4v) is 3.38. The first-order valence-corrected chi connectivity index (χ1v) is 9.51. The maximum Gasteiger partial charge on any atom is 0.308 e. The molecule has 0 unspecified atom stereocenters. The van der Waals surface area contributed by atoms with Gasteiger partial charge < -0.3 is 10.4 Å². The highest BCUT2D eigenvalue weighted by Gasteiger charge is 2.26. The average Bonchev–Trinajstić information content (AvgIpc) is 2.70. The molecule has 2 aromatic rings. The van der Waals surface area contributed by atoms with Gasteiger partial charge in [-0.15, -0.1) is 0 Å². The van der Waals surface area contributed by atoms with E-state index in [9.17, 15) is 14.7 Å². The van der Waals surface area contributed by atoms with Crippen LogP contribution in [-0.4, -0.2) is 64.5 Å². The van der Waals surface area contributed by atoms with Gasteiger partial charge in [0.1, 0.15) is 0 Å². The number of amides is 1. The Morgan fingerprint density at radius 2 is 1.75 bits per heavy atom. The zero-order valence-electron chi connectivity index (χ0n) is 15.8. The fourth-order valence-electron chi connectivity index (χ4n) is 3.38. The summed E-state index contributed by atoms with van der Waals surface area (Å²) in [6.45, 7) is 4.57. The lowest BCUT2D eigenvalue weighted by atomic mass is 10.0. The summed E-state index contributed by atoms with van der Waals surface area (Å²) >= 11 is 0. The number of benzene rings is 1. The van der Waals surface area contributed by atoms with Gasteiger partial charge in [-0.3, -0.25) is 24.4 Å². The van der Waals surface area contributed by atoms with Crippen LogP contribution in [0.4, 0.5) is 5.69 Å². The molecular formula is C21H26N4O3. The molecule has 7 heteroatoms. The van der Waals surface area contributed by atoms with E-state index < -0.39 is 11.9 Å². The smallest absolute Gasteiger partial charge is 0.308 e. The molecule has 1 aromatic carbocycles. The van der Waals surface area contributed by atoms with Gasteiger partial charge >= 0.3 is 5.97 Å². The van der Waals surface area contributed by atoms with E-state index >= 15 is 0 Å². The van der Waals surface area contributed by atoms with Gasteiger partial charge in [0.05, 0.1) is 5.92 Å². The van der Waals surface area contributed by atoms with E-state index in [0.29, 0.717) is 12.2 Å². The van der Waals surface area contributed by atoms with E-state index in [0.717, 1.165) is 32.7 Å². The second-order valence-electron chi connectivity index (χ2n) is 7.09. The molecule has 1 fully saturated rings.